The molecule has 25 heavy (non-hydrogen) atoms. The van der Waals surface area contributed by atoms with Crippen LogP contribution in [0.5, 0.6) is 0 Å². The Labute approximate surface area is 146 Å². The number of carbonyl (C=O) groups excluding carboxylic acids is 1. The van der Waals surface area contributed by atoms with E-state index in [4.69, 9.17) is 16.3 Å². The number of methoxy groups -OCH3 is 1. The smallest absolute Gasteiger partial charge is 0.416 e. The van der Waals surface area contributed by atoms with Crippen molar-refractivity contribution in [3.05, 3.63) is 45.6 Å². The van der Waals surface area contributed by atoms with Crippen molar-refractivity contribution in [1.29, 1.82) is 0 Å². The fourth-order valence-electron chi connectivity index (χ4n) is 2.99. The first-order valence-electron chi connectivity index (χ1n) is 7.48. The fourth-order valence-corrected chi connectivity index (χ4v) is 3.25. The van der Waals surface area contributed by atoms with Gasteiger partial charge in [0.15, 0.2) is 0 Å². The second-order valence-electron chi connectivity index (χ2n) is 5.77. The lowest BCUT2D eigenvalue weighted by Crippen LogP contribution is -2.22. The van der Waals surface area contributed by atoms with Gasteiger partial charge >= 0.3 is 12.1 Å². The van der Waals surface area contributed by atoms with E-state index in [9.17, 15) is 18.0 Å². The molecule has 0 spiro atoms. The van der Waals surface area contributed by atoms with Gasteiger partial charge in [0.2, 0.25) is 0 Å². The van der Waals surface area contributed by atoms with Crippen molar-refractivity contribution in [2.24, 2.45) is 0 Å². The summed E-state index contributed by atoms with van der Waals surface area (Å²) in [6, 6.07) is 3.44. The molecule has 1 aliphatic heterocycles. The molecule has 1 aromatic carbocycles. The molecule has 134 valence electrons. The summed E-state index contributed by atoms with van der Waals surface area (Å²) in [6.45, 7) is 2.94. The number of hydrogen-bond donors (Lipinski definition) is 0. The van der Waals surface area contributed by atoms with Gasteiger partial charge in [-0.1, -0.05) is 11.6 Å². The number of rotatable bonds is 3. The highest BCUT2D eigenvalue weighted by atomic mass is 35.5. The quantitative estimate of drug-likeness (QED) is 0.770. The molecule has 0 atom stereocenters. The van der Waals surface area contributed by atoms with Crippen LogP contribution in [0.2, 0.25) is 5.02 Å². The third-order valence-corrected chi connectivity index (χ3v) is 4.25. The highest BCUT2D eigenvalue weighted by Gasteiger charge is 2.33. The van der Waals surface area contributed by atoms with Gasteiger partial charge in [-0.2, -0.15) is 18.3 Å². The summed E-state index contributed by atoms with van der Waals surface area (Å²) in [5.41, 5.74) is 0.460. The second kappa shape index (κ2) is 6.25. The molecule has 9 heteroatoms. The average molecular weight is 374 g/mol. The van der Waals surface area contributed by atoms with E-state index in [1.807, 2.05) is 0 Å². The third-order valence-electron chi connectivity index (χ3n) is 4.03. The van der Waals surface area contributed by atoms with Gasteiger partial charge in [-0.05, 0) is 30.7 Å². The van der Waals surface area contributed by atoms with Crippen molar-refractivity contribution < 1.29 is 22.7 Å². The predicted molar refractivity (Wildman–Crippen MR) is 85.8 cm³/mol. The van der Waals surface area contributed by atoms with E-state index in [1.165, 1.54) is 13.2 Å². The van der Waals surface area contributed by atoms with Gasteiger partial charge in [0, 0.05) is 18.1 Å². The first kappa shape index (κ1) is 17.6. The number of alkyl halides is 3. The van der Waals surface area contributed by atoms with Crippen molar-refractivity contribution in [2.45, 2.75) is 26.2 Å². The molecule has 1 aliphatic rings. The number of aromatic nitrogens is 2. The van der Waals surface area contributed by atoms with Crippen molar-refractivity contribution >= 4 is 23.4 Å². The van der Waals surface area contributed by atoms with Crippen LogP contribution in [0.1, 0.15) is 27.2 Å². The molecule has 2 aromatic rings. The van der Waals surface area contributed by atoms with Gasteiger partial charge in [-0.15, -0.1) is 0 Å². The van der Waals surface area contributed by atoms with Gasteiger partial charge < -0.3 is 9.64 Å². The number of benzene rings is 1. The van der Waals surface area contributed by atoms with Gasteiger partial charge in [0.05, 0.1) is 24.9 Å². The van der Waals surface area contributed by atoms with Gasteiger partial charge in [0.1, 0.15) is 11.4 Å². The molecule has 0 N–H and O–H groups in total. The van der Waals surface area contributed by atoms with E-state index in [1.54, 1.807) is 16.5 Å². The zero-order valence-corrected chi connectivity index (χ0v) is 14.3. The molecule has 3 rings (SSSR count). The summed E-state index contributed by atoms with van der Waals surface area (Å²) < 4.78 is 45.4. The van der Waals surface area contributed by atoms with E-state index in [2.05, 4.69) is 5.10 Å². The maximum Gasteiger partial charge on any atom is 0.416 e. The van der Waals surface area contributed by atoms with Crippen LogP contribution in [0.25, 0.3) is 0 Å². The third kappa shape index (κ3) is 3.30. The summed E-state index contributed by atoms with van der Waals surface area (Å²) in [5, 5.41) is 4.31. The molecule has 0 saturated carbocycles. The Bertz CT molecular complexity index is 833. The van der Waals surface area contributed by atoms with Crippen LogP contribution in [0, 0.1) is 6.92 Å². The number of carbonyl (C=O) groups is 1. The molecule has 5 nitrogen and oxygen atoms in total. The van der Waals surface area contributed by atoms with Gasteiger partial charge in [0.25, 0.3) is 0 Å². The molecule has 0 unspecified atom stereocenters. The van der Waals surface area contributed by atoms with Crippen LogP contribution in [0.3, 0.4) is 0 Å². The Morgan fingerprint density at radius 1 is 1.32 bits per heavy atom. The number of hydrogen-bond acceptors (Lipinski definition) is 4. The average Bonchev–Trinajstić information content (AvgIpc) is 3.04. The molecular formula is C16H15ClF3N3O2. The number of ether oxygens (including phenoxy) is 1. The molecule has 0 fully saturated rings. The fraction of sp³-hybridized carbons (Fsp3) is 0.375. The Balaban J connectivity index is 1.95. The normalized spacial score (nSPS) is 13.9. The zero-order chi connectivity index (χ0) is 18.4. The first-order chi connectivity index (χ1) is 11.7. The SMILES string of the molecule is COC(=O)c1c(C)nn2c1N(Cc1cc(Cl)cc(C(F)(F)F)c1)CC2. The van der Waals surface area contributed by atoms with Crippen LogP contribution in [-0.4, -0.2) is 29.4 Å². The summed E-state index contributed by atoms with van der Waals surface area (Å²) in [5.74, 6) is 0.0330. The van der Waals surface area contributed by atoms with Gasteiger partial charge in [-0.25, -0.2) is 9.48 Å². The highest BCUT2D eigenvalue weighted by molar-refractivity contribution is 6.30. The maximum absolute atomic E-state index is 13.0. The lowest BCUT2D eigenvalue weighted by molar-refractivity contribution is -0.137. The van der Waals surface area contributed by atoms with E-state index in [0.717, 1.165) is 12.1 Å². The van der Waals surface area contributed by atoms with Crippen molar-refractivity contribution in [2.75, 3.05) is 18.6 Å². The van der Waals surface area contributed by atoms with Crippen LogP contribution >= 0.6 is 11.6 Å². The Hall–Kier alpha value is -2.22. The summed E-state index contributed by atoms with van der Waals surface area (Å²) in [6.07, 6.45) is -4.47. The monoisotopic (exact) mass is 373 g/mol. The largest absolute Gasteiger partial charge is 0.465 e. The summed E-state index contributed by atoms with van der Waals surface area (Å²) in [7, 11) is 1.28. The molecule has 2 heterocycles. The van der Waals surface area contributed by atoms with Crippen LogP contribution in [-0.2, 0) is 24.0 Å². The summed E-state index contributed by atoms with van der Waals surface area (Å²) >= 11 is 5.84. The molecule has 0 amide bonds. The zero-order valence-electron chi connectivity index (χ0n) is 13.5. The number of nitrogens with zero attached hydrogens (tertiary/aromatic N) is 3. The Morgan fingerprint density at radius 3 is 2.68 bits per heavy atom. The molecule has 0 aliphatic carbocycles. The van der Waals surface area contributed by atoms with Crippen molar-refractivity contribution in [3.63, 3.8) is 0 Å². The standard InChI is InChI=1S/C16H15ClF3N3O2/c1-9-13(15(24)25-2)14-22(3-4-23(14)21-9)8-10-5-11(16(18,19)20)7-12(17)6-10/h5-7H,3-4,8H2,1-2H3. The van der Waals surface area contributed by atoms with E-state index < -0.39 is 17.7 Å². The van der Waals surface area contributed by atoms with Crippen LogP contribution < -0.4 is 4.90 Å². The topological polar surface area (TPSA) is 47.4 Å². The van der Waals surface area contributed by atoms with Gasteiger partial charge in [-0.3, -0.25) is 0 Å². The minimum Gasteiger partial charge on any atom is -0.465 e. The lowest BCUT2D eigenvalue weighted by atomic mass is 10.1. The van der Waals surface area contributed by atoms with E-state index >= 15 is 0 Å². The molecular weight excluding hydrogens is 359 g/mol. The Kier molecular flexibility index (Phi) is 4.40. The Morgan fingerprint density at radius 2 is 2.04 bits per heavy atom. The minimum atomic E-state index is -4.47. The molecule has 1 aromatic heterocycles. The van der Waals surface area contributed by atoms with E-state index in [-0.39, 0.29) is 11.6 Å². The van der Waals surface area contributed by atoms with Crippen molar-refractivity contribution in [3.8, 4) is 0 Å². The van der Waals surface area contributed by atoms with Crippen molar-refractivity contribution in [1.82, 2.24) is 9.78 Å². The lowest BCUT2D eigenvalue weighted by Gasteiger charge is -2.19. The number of fused-ring (bicyclic) bond motifs is 1. The number of esters is 1. The molecule has 0 saturated heterocycles. The predicted octanol–water partition coefficient (Wildman–Crippen LogP) is 3.67. The summed E-state index contributed by atoms with van der Waals surface area (Å²) in [4.78, 5) is 13.8. The number of halogens is 4. The van der Waals surface area contributed by atoms with Crippen LogP contribution in [0.4, 0.5) is 19.0 Å². The molecule has 0 bridgehead atoms. The highest BCUT2D eigenvalue weighted by Crippen LogP contribution is 2.34. The molecule has 0 radical (unpaired) electrons. The number of aryl methyl sites for hydroxylation is 1. The number of anilines is 1. The second-order valence-corrected chi connectivity index (χ2v) is 6.20. The van der Waals surface area contributed by atoms with E-state index in [0.29, 0.717) is 35.7 Å². The maximum atomic E-state index is 13.0. The van der Waals surface area contributed by atoms with Crippen LogP contribution in [0.15, 0.2) is 18.2 Å². The minimum absolute atomic E-state index is 0.0156. The first-order valence-corrected chi connectivity index (χ1v) is 7.86.